The summed E-state index contributed by atoms with van der Waals surface area (Å²) in [7, 11) is 0. The summed E-state index contributed by atoms with van der Waals surface area (Å²) >= 11 is 0. The molecule has 0 aromatic heterocycles. The maximum Gasteiger partial charge on any atom is 0.338 e. The van der Waals surface area contributed by atoms with E-state index in [4.69, 9.17) is 4.74 Å². The number of aromatic hydroxyl groups is 1. The van der Waals surface area contributed by atoms with Crippen molar-refractivity contribution in [2.45, 2.75) is 26.8 Å². The monoisotopic (exact) mass is 290 g/mol. The minimum absolute atomic E-state index is 0.0549. The molecule has 1 aromatic rings. The highest BCUT2D eigenvalue weighted by atomic mass is 16.5. The molecule has 1 aromatic carbocycles. The summed E-state index contributed by atoms with van der Waals surface area (Å²) in [6.07, 6.45) is 0. The van der Waals surface area contributed by atoms with E-state index in [2.05, 4.69) is 10.6 Å². The van der Waals surface area contributed by atoms with Crippen molar-refractivity contribution in [2.24, 2.45) is 0 Å². The van der Waals surface area contributed by atoms with Crippen molar-refractivity contribution < 1.29 is 19.4 Å². The third-order valence-electron chi connectivity index (χ3n) is 3.34. The predicted octanol–water partition coefficient (Wildman–Crippen LogP) is 1.89. The van der Waals surface area contributed by atoms with Gasteiger partial charge in [0.1, 0.15) is 5.75 Å². The van der Waals surface area contributed by atoms with E-state index < -0.39 is 18.0 Å². The molecule has 0 saturated heterocycles. The van der Waals surface area contributed by atoms with E-state index in [-0.39, 0.29) is 17.9 Å². The van der Waals surface area contributed by atoms with E-state index in [9.17, 15) is 14.7 Å². The smallest absolute Gasteiger partial charge is 0.338 e. The topological polar surface area (TPSA) is 87.7 Å². The van der Waals surface area contributed by atoms with Crippen molar-refractivity contribution in [3.8, 4) is 5.75 Å². The van der Waals surface area contributed by atoms with Gasteiger partial charge in [-0.05, 0) is 26.3 Å². The van der Waals surface area contributed by atoms with Gasteiger partial charge < -0.3 is 20.5 Å². The van der Waals surface area contributed by atoms with Crippen LogP contribution in [0.25, 0.3) is 0 Å². The van der Waals surface area contributed by atoms with Gasteiger partial charge in [-0.3, -0.25) is 0 Å². The molecular weight excluding hydrogens is 272 g/mol. The number of ether oxygens (including phenoxy) is 1. The molecule has 3 N–H and O–H groups in total. The lowest BCUT2D eigenvalue weighted by molar-refractivity contribution is -0.139. The molecule has 1 aliphatic heterocycles. The molecule has 1 heterocycles. The maximum atomic E-state index is 12.1. The van der Waals surface area contributed by atoms with Gasteiger partial charge in [0, 0.05) is 11.3 Å². The average Bonchev–Trinajstić information content (AvgIpc) is 2.41. The first-order valence-corrected chi connectivity index (χ1v) is 6.69. The van der Waals surface area contributed by atoms with Gasteiger partial charge in [0.2, 0.25) is 0 Å². The lowest BCUT2D eigenvalue weighted by Gasteiger charge is -2.28. The number of phenolic OH excluding ortho intramolecular Hbond substituents is 1. The van der Waals surface area contributed by atoms with E-state index in [1.807, 2.05) is 0 Å². The van der Waals surface area contributed by atoms with Crippen molar-refractivity contribution in [3.05, 3.63) is 40.6 Å². The summed E-state index contributed by atoms with van der Waals surface area (Å²) in [6, 6.07) is 4.02. The summed E-state index contributed by atoms with van der Waals surface area (Å²) in [5.74, 6) is -0.465. The zero-order valence-electron chi connectivity index (χ0n) is 12.2. The molecule has 6 nitrogen and oxygen atoms in total. The number of rotatable bonds is 3. The number of benzene rings is 1. The molecule has 0 fully saturated rings. The van der Waals surface area contributed by atoms with Crippen molar-refractivity contribution in [2.75, 3.05) is 6.61 Å². The number of hydrogen-bond donors (Lipinski definition) is 3. The van der Waals surface area contributed by atoms with E-state index in [0.717, 1.165) is 0 Å². The first kappa shape index (κ1) is 14.9. The Morgan fingerprint density at radius 1 is 1.38 bits per heavy atom. The van der Waals surface area contributed by atoms with E-state index in [0.29, 0.717) is 16.8 Å². The molecule has 0 bridgehead atoms. The largest absolute Gasteiger partial charge is 0.507 e. The van der Waals surface area contributed by atoms with Crippen molar-refractivity contribution >= 4 is 12.0 Å². The Kier molecular flexibility index (Phi) is 4.16. The first-order chi connectivity index (χ1) is 9.95. The molecule has 2 rings (SSSR count). The summed E-state index contributed by atoms with van der Waals surface area (Å²) in [6.45, 7) is 5.32. The average molecular weight is 290 g/mol. The number of hydrogen-bond acceptors (Lipinski definition) is 4. The van der Waals surface area contributed by atoms with Crippen LogP contribution >= 0.6 is 0 Å². The summed E-state index contributed by atoms with van der Waals surface area (Å²) < 4.78 is 5.04. The highest BCUT2D eigenvalue weighted by molar-refractivity contribution is 5.95. The SMILES string of the molecule is CCOC(=O)C1=C(C)NC(=O)N[C@@H]1c1cccc(C)c1O. The Balaban J connectivity index is 2.52. The molecule has 6 heteroatoms. The third kappa shape index (κ3) is 2.84. The molecule has 2 amide bonds. The molecule has 112 valence electrons. The van der Waals surface area contributed by atoms with Gasteiger partial charge in [0.15, 0.2) is 0 Å². The molecule has 0 saturated carbocycles. The Morgan fingerprint density at radius 2 is 2.10 bits per heavy atom. The van der Waals surface area contributed by atoms with Crippen LogP contribution in [0.1, 0.15) is 31.0 Å². The number of esters is 1. The number of phenols is 1. The second-order valence-corrected chi connectivity index (χ2v) is 4.80. The minimum Gasteiger partial charge on any atom is -0.507 e. The van der Waals surface area contributed by atoms with Gasteiger partial charge in [-0.25, -0.2) is 9.59 Å². The summed E-state index contributed by atoms with van der Waals surface area (Å²) in [5.41, 5.74) is 1.84. The van der Waals surface area contributed by atoms with E-state index >= 15 is 0 Å². The van der Waals surface area contributed by atoms with Gasteiger partial charge in [0.05, 0.1) is 18.2 Å². The highest BCUT2D eigenvalue weighted by Gasteiger charge is 2.33. The minimum atomic E-state index is -0.738. The Labute approximate surface area is 122 Å². The number of para-hydroxylation sites is 1. The van der Waals surface area contributed by atoms with Crippen molar-refractivity contribution in [3.63, 3.8) is 0 Å². The first-order valence-electron chi connectivity index (χ1n) is 6.69. The predicted molar refractivity (Wildman–Crippen MR) is 76.6 cm³/mol. The lowest BCUT2D eigenvalue weighted by Crippen LogP contribution is -2.45. The molecular formula is C15H18N2O4. The van der Waals surface area contributed by atoms with Gasteiger partial charge in [-0.1, -0.05) is 18.2 Å². The second kappa shape index (κ2) is 5.87. The zero-order valence-corrected chi connectivity index (χ0v) is 12.2. The van der Waals surface area contributed by atoms with Crippen LogP contribution in [-0.4, -0.2) is 23.7 Å². The number of allylic oxidation sites excluding steroid dienone is 1. The van der Waals surface area contributed by atoms with Crippen LogP contribution in [0.2, 0.25) is 0 Å². The Morgan fingerprint density at radius 3 is 2.76 bits per heavy atom. The van der Waals surface area contributed by atoms with Crippen molar-refractivity contribution in [1.29, 1.82) is 0 Å². The van der Waals surface area contributed by atoms with E-state index in [1.165, 1.54) is 0 Å². The normalized spacial score (nSPS) is 18.0. The number of amides is 2. The van der Waals surface area contributed by atoms with Crippen LogP contribution in [0.3, 0.4) is 0 Å². The fraction of sp³-hybridized carbons (Fsp3) is 0.333. The summed E-state index contributed by atoms with van der Waals surface area (Å²) in [5, 5.41) is 15.4. The lowest BCUT2D eigenvalue weighted by atomic mass is 9.93. The Hall–Kier alpha value is -2.50. The fourth-order valence-corrected chi connectivity index (χ4v) is 2.32. The number of urea groups is 1. The molecule has 0 aliphatic carbocycles. The highest BCUT2D eigenvalue weighted by Crippen LogP contribution is 2.34. The number of aryl methyl sites for hydroxylation is 1. The van der Waals surface area contributed by atoms with Crippen molar-refractivity contribution in [1.82, 2.24) is 10.6 Å². The van der Waals surface area contributed by atoms with Crippen LogP contribution in [-0.2, 0) is 9.53 Å². The molecule has 21 heavy (non-hydrogen) atoms. The third-order valence-corrected chi connectivity index (χ3v) is 3.34. The quantitative estimate of drug-likeness (QED) is 0.742. The van der Waals surface area contributed by atoms with Crippen LogP contribution in [0, 0.1) is 6.92 Å². The number of carbonyl (C=O) groups excluding carboxylic acids is 2. The standard InChI is InChI=1S/C15H18N2O4/c1-4-21-14(19)11-9(3)16-15(20)17-12(11)10-7-5-6-8(2)13(10)18/h5-7,12,18H,4H2,1-3H3,(H2,16,17,20)/t12-/m1/s1. The van der Waals surface area contributed by atoms with Gasteiger partial charge in [0.25, 0.3) is 0 Å². The maximum absolute atomic E-state index is 12.1. The van der Waals surface area contributed by atoms with Gasteiger partial charge >= 0.3 is 12.0 Å². The fourth-order valence-electron chi connectivity index (χ4n) is 2.32. The van der Waals surface area contributed by atoms with Gasteiger partial charge in [-0.2, -0.15) is 0 Å². The zero-order chi connectivity index (χ0) is 15.6. The second-order valence-electron chi connectivity index (χ2n) is 4.80. The molecule has 1 aliphatic rings. The van der Waals surface area contributed by atoms with Crippen LogP contribution in [0.15, 0.2) is 29.5 Å². The molecule has 0 spiro atoms. The molecule has 0 unspecified atom stereocenters. The van der Waals surface area contributed by atoms with Crippen LogP contribution in [0.4, 0.5) is 4.79 Å². The van der Waals surface area contributed by atoms with E-state index in [1.54, 1.807) is 39.0 Å². The summed E-state index contributed by atoms with van der Waals surface area (Å²) in [4.78, 5) is 23.8. The van der Waals surface area contributed by atoms with Crippen LogP contribution < -0.4 is 10.6 Å². The Bertz CT molecular complexity index is 622. The molecule has 1 atom stereocenters. The van der Waals surface area contributed by atoms with Gasteiger partial charge in [-0.15, -0.1) is 0 Å². The number of nitrogens with one attached hydrogen (secondary N) is 2. The van der Waals surface area contributed by atoms with Crippen LogP contribution in [0.5, 0.6) is 5.75 Å². The number of carbonyl (C=O) groups is 2. The molecule has 0 radical (unpaired) electrons.